The lowest BCUT2D eigenvalue weighted by Gasteiger charge is -2.12. The molecule has 2 amide bonds. The Labute approximate surface area is 145 Å². The van der Waals surface area contributed by atoms with E-state index in [0.717, 1.165) is 0 Å². The van der Waals surface area contributed by atoms with Gasteiger partial charge in [0.15, 0.2) is 0 Å². The summed E-state index contributed by atoms with van der Waals surface area (Å²) in [6, 6.07) is 9.60. The average Bonchev–Trinajstić information content (AvgIpc) is 2.57. The maximum atomic E-state index is 13.6. The molecule has 0 aromatic heterocycles. The average molecular weight is 346 g/mol. The number of amides is 2. The second-order valence-electron chi connectivity index (χ2n) is 5.55. The number of anilines is 1. The Bertz CT molecular complexity index is 746. The van der Waals surface area contributed by atoms with Gasteiger partial charge in [-0.15, -0.1) is 0 Å². The molecule has 0 saturated heterocycles. The molecule has 0 aliphatic carbocycles. The minimum Gasteiger partial charge on any atom is -0.356 e. The zero-order chi connectivity index (χ0) is 18.2. The zero-order valence-corrected chi connectivity index (χ0v) is 13.9. The number of benzene rings is 2. The summed E-state index contributed by atoms with van der Waals surface area (Å²) >= 11 is 0. The van der Waals surface area contributed by atoms with Crippen LogP contribution in [0.15, 0.2) is 42.5 Å². The third-order valence-electron chi connectivity index (χ3n) is 3.59. The molecule has 0 saturated carbocycles. The summed E-state index contributed by atoms with van der Waals surface area (Å²) in [5.74, 6) is -1.20. The smallest absolute Gasteiger partial charge is 0.224 e. The van der Waals surface area contributed by atoms with Crippen LogP contribution in [0.4, 0.5) is 14.5 Å². The highest BCUT2D eigenvalue weighted by Gasteiger charge is 2.11. The van der Waals surface area contributed by atoms with E-state index in [9.17, 15) is 18.4 Å². The van der Waals surface area contributed by atoms with E-state index in [1.54, 1.807) is 0 Å². The fraction of sp³-hybridized carbons (Fsp3) is 0.263. The van der Waals surface area contributed by atoms with E-state index in [4.69, 9.17) is 0 Å². The third kappa shape index (κ3) is 5.67. The first-order chi connectivity index (χ1) is 12.0. The van der Waals surface area contributed by atoms with E-state index in [0.29, 0.717) is 29.8 Å². The number of halogens is 2. The SMILES string of the molecule is CCNC(=O)CCCC(=O)Nc1ccc(F)cc1-c1ccc(F)cc1. The summed E-state index contributed by atoms with van der Waals surface area (Å²) in [6.07, 6.45) is 0.873. The van der Waals surface area contributed by atoms with Crippen LogP contribution in [-0.4, -0.2) is 18.4 Å². The quantitative estimate of drug-likeness (QED) is 0.799. The predicted molar refractivity (Wildman–Crippen MR) is 93.0 cm³/mol. The lowest BCUT2D eigenvalue weighted by Crippen LogP contribution is -2.22. The van der Waals surface area contributed by atoms with Gasteiger partial charge in [0.25, 0.3) is 0 Å². The molecule has 2 rings (SSSR count). The van der Waals surface area contributed by atoms with Crippen molar-refractivity contribution >= 4 is 17.5 Å². The molecule has 2 aromatic carbocycles. The molecule has 0 aliphatic heterocycles. The van der Waals surface area contributed by atoms with Gasteiger partial charge in [-0.25, -0.2) is 8.78 Å². The molecule has 0 aliphatic rings. The zero-order valence-electron chi connectivity index (χ0n) is 13.9. The van der Waals surface area contributed by atoms with Crippen LogP contribution in [0.25, 0.3) is 11.1 Å². The monoisotopic (exact) mass is 346 g/mol. The van der Waals surface area contributed by atoms with Gasteiger partial charge in [0.2, 0.25) is 11.8 Å². The molecule has 0 atom stereocenters. The summed E-state index contributed by atoms with van der Waals surface area (Å²) in [5.41, 5.74) is 1.51. The molecule has 6 heteroatoms. The maximum Gasteiger partial charge on any atom is 0.224 e. The highest BCUT2D eigenvalue weighted by atomic mass is 19.1. The largest absolute Gasteiger partial charge is 0.356 e. The van der Waals surface area contributed by atoms with E-state index < -0.39 is 11.6 Å². The van der Waals surface area contributed by atoms with Crippen LogP contribution in [0.2, 0.25) is 0 Å². The van der Waals surface area contributed by atoms with Gasteiger partial charge in [-0.1, -0.05) is 12.1 Å². The number of hydrogen-bond donors (Lipinski definition) is 2. The van der Waals surface area contributed by atoms with Crippen molar-refractivity contribution in [3.63, 3.8) is 0 Å². The van der Waals surface area contributed by atoms with E-state index in [1.165, 1.54) is 42.5 Å². The minimum absolute atomic E-state index is 0.0934. The highest BCUT2D eigenvalue weighted by Crippen LogP contribution is 2.29. The molecule has 132 valence electrons. The van der Waals surface area contributed by atoms with E-state index >= 15 is 0 Å². The molecule has 4 nitrogen and oxygen atoms in total. The Morgan fingerprint density at radius 1 is 0.920 bits per heavy atom. The van der Waals surface area contributed by atoms with Crippen molar-refractivity contribution in [3.05, 3.63) is 54.1 Å². The van der Waals surface area contributed by atoms with Crippen molar-refractivity contribution in [2.24, 2.45) is 0 Å². The topological polar surface area (TPSA) is 58.2 Å². The van der Waals surface area contributed by atoms with Crippen LogP contribution in [-0.2, 0) is 9.59 Å². The minimum atomic E-state index is -0.450. The maximum absolute atomic E-state index is 13.6. The Balaban J connectivity index is 2.05. The van der Waals surface area contributed by atoms with Crippen LogP contribution < -0.4 is 10.6 Å². The summed E-state index contributed by atoms with van der Waals surface area (Å²) in [5, 5.41) is 5.39. The van der Waals surface area contributed by atoms with Gasteiger partial charge < -0.3 is 10.6 Å². The van der Waals surface area contributed by atoms with Gasteiger partial charge in [-0.05, 0) is 49.2 Å². The summed E-state index contributed by atoms with van der Waals surface area (Å²) in [4.78, 5) is 23.4. The van der Waals surface area contributed by atoms with E-state index in [1.807, 2.05) is 6.92 Å². The summed E-state index contributed by atoms with van der Waals surface area (Å²) in [7, 11) is 0. The molecule has 0 radical (unpaired) electrons. The molecular formula is C19H20F2N2O2. The van der Waals surface area contributed by atoms with Gasteiger partial charge >= 0.3 is 0 Å². The van der Waals surface area contributed by atoms with Crippen LogP contribution in [0.1, 0.15) is 26.2 Å². The standard InChI is InChI=1S/C19H20F2N2O2/c1-2-22-18(24)4-3-5-19(25)23-17-11-10-15(21)12-16(17)13-6-8-14(20)9-7-13/h6-12H,2-5H2,1H3,(H,22,24)(H,23,25). The fourth-order valence-electron chi connectivity index (χ4n) is 2.40. The van der Waals surface area contributed by atoms with Crippen LogP contribution in [0, 0.1) is 11.6 Å². The van der Waals surface area contributed by atoms with Crippen molar-refractivity contribution in [2.45, 2.75) is 26.2 Å². The summed E-state index contributed by atoms with van der Waals surface area (Å²) < 4.78 is 26.7. The Kier molecular flexibility index (Phi) is 6.62. The first-order valence-electron chi connectivity index (χ1n) is 8.11. The van der Waals surface area contributed by atoms with Crippen molar-refractivity contribution < 1.29 is 18.4 Å². The number of carbonyl (C=O) groups is 2. The molecule has 0 fully saturated rings. The third-order valence-corrected chi connectivity index (χ3v) is 3.59. The van der Waals surface area contributed by atoms with Crippen LogP contribution >= 0.6 is 0 Å². The normalized spacial score (nSPS) is 10.4. The second-order valence-corrected chi connectivity index (χ2v) is 5.55. The highest BCUT2D eigenvalue weighted by molar-refractivity contribution is 5.95. The van der Waals surface area contributed by atoms with Gasteiger partial charge in [-0.2, -0.15) is 0 Å². The van der Waals surface area contributed by atoms with Gasteiger partial charge in [0.1, 0.15) is 11.6 Å². The first-order valence-corrected chi connectivity index (χ1v) is 8.11. The second kappa shape index (κ2) is 8.92. The molecule has 0 unspecified atom stereocenters. The van der Waals surface area contributed by atoms with E-state index in [-0.39, 0.29) is 24.7 Å². The van der Waals surface area contributed by atoms with Crippen molar-refractivity contribution in [3.8, 4) is 11.1 Å². The van der Waals surface area contributed by atoms with E-state index in [2.05, 4.69) is 10.6 Å². The van der Waals surface area contributed by atoms with Crippen molar-refractivity contribution in [1.29, 1.82) is 0 Å². The number of carbonyl (C=O) groups excluding carboxylic acids is 2. The van der Waals surface area contributed by atoms with Gasteiger partial charge in [0, 0.05) is 30.6 Å². The molecule has 0 spiro atoms. The fourth-order valence-corrected chi connectivity index (χ4v) is 2.40. The Morgan fingerprint density at radius 2 is 1.56 bits per heavy atom. The summed E-state index contributed by atoms with van der Waals surface area (Å²) in [6.45, 7) is 2.39. The first kappa shape index (κ1) is 18.6. The Morgan fingerprint density at radius 3 is 2.24 bits per heavy atom. The number of nitrogens with one attached hydrogen (secondary N) is 2. The number of hydrogen-bond acceptors (Lipinski definition) is 2. The molecule has 2 N–H and O–H groups in total. The molecule has 0 heterocycles. The molecule has 2 aromatic rings. The number of rotatable bonds is 7. The van der Waals surface area contributed by atoms with Crippen LogP contribution in [0.5, 0.6) is 0 Å². The molecule has 25 heavy (non-hydrogen) atoms. The lowest BCUT2D eigenvalue weighted by molar-refractivity contribution is -0.121. The van der Waals surface area contributed by atoms with Crippen molar-refractivity contribution in [1.82, 2.24) is 5.32 Å². The van der Waals surface area contributed by atoms with Crippen LogP contribution in [0.3, 0.4) is 0 Å². The van der Waals surface area contributed by atoms with Gasteiger partial charge in [-0.3, -0.25) is 9.59 Å². The van der Waals surface area contributed by atoms with Crippen molar-refractivity contribution in [2.75, 3.05) is 11.9 Å². The molecular weight excluding hydrogens is 326 g/mol. The Hall–Kier alpha value is -2.76. The lowest BCUT2D eigenvalue weighted by atomic mass is 10.0. The predicted octanol–water partition coefficient (Wildman–Crippen LogP) is 3.88. The van der Waals surface area contributed by atoms with Gasteiger partial charge in [0.05, 0.1) is 0 Å². The molecule has 0 bridgehead atoms.